The maximum absolute atomic E-state index is 14.4. The number of anilines is 1. The average Bonchev–Trinajstić information content (AvgIpc) is 3.58. The van der Waals surface area contributed by atoms with E-state index in [1.807, 2.05) is 24.3 Å². The standard InChI is InChI=1S/C32H45N5O3/c1-20(2)37-24-15-11-8-12-21(24)16-25(37)28(38)35(7)26(17-31(3,4)5)29(39)36-19-32(18-27(36)33-6)22-13-9-10-14-23(22)34-30(32)40/h9-10,13-14,20-21,24-27H,8,11-12,15-19H2,1-5,7H3,(H,34,40)/t21-,24-,25-,26-,27-,32-/m0/s1. The highest BCUT2D eigenvalue weighted by molar-refractivity contribution is 6.07. The number of para-hydroxylation sites is 1. The number of amides is 3. The number of nitrogens with zero attached hydrogens (tertiary/aromatic N) is 4. The van der Waals surface area contributed by atoms with Gasteiger partial charge in [-0.25, -0.2) is 6.57 Å². The maximum atomic E-state index is 14.4. The minimum Gasteiger partial charge on any atom is -0.332 e. The van der Waals surface area contributed by atoms with Gasteiger partial charge in [0.1, 0.15) is 11.5 Å². The van der Waals surface area contributed by atoms with Crippen LogP contribution in [0.25, 0.3) is 4.85 Å². The van der Waals surface area contributed by atoms with E-state index in [0.29, 0.717) is 18.4 Å². The molecule has 5 rings (SSSR count). The van der Waals surface area contributed by atoms with Gasteiger partial charge in [0, 0.05) is 31.4 Å². The highest BCUT2D eigenvalue weighted by Crippen LogP contribution is 2.47. The second-order valence-corrected chi connectivity index (χ2v) is 14.0. The predicted molar refractivity (Wildman–Crippen MR) is 155 cm³/mol. The van der Waals surface area contributed by atoms with Crippen LogP contribution in [0, 0.1) is 17.9 Å². The number of rotatable bonds is 5. The van der Waals surface area contributed by atoms with Crippen LogP contribution in [0.5, 0.6) is 0 Å². The van der Waals surface area contributed by atoms with Gasteiger partial charge in [0.15, 0.2) is 0 Å². The summed E-state index contributed by atoms with van der Waals surface area (Å²) in [5.41, 5.74) is 0.437. The summed E-state index contributed by atoms with van der Waals surface area (Å²) in [6.07, 6.45) is 5.56. The van der Waals surface area contributed by atoms with Gasteiger partial charge in [-0.2, -0.15) is 0 Å². The minimum absolute atomic E-state index is 0.00271. The van der Waals surface area contributed by atoms with Crippen molar-refractivity contribution in [3.63, 3.8) is 0 Å². The number of carbonyl (C=O) groups is 3. The molecule has 8 nitrogen and oxygen atoms in total. The number of hydrogen-bond donors (Lipinski definition) is 1. The van der Waals surface area contributed by atoms with Gasteiger partial charge >= 0.3 is 6.17 Å². The first-order valence-electron chi connectivity index (χ1n) is 15.0. The molecule has 1 N–H and O–H groups in total. The van der Waals surface area contributed by atoms with E-state index >= 15 is 0 Å². The molecule has 2 saturated heterocycles. The zero-order valence-corrected chi connectivity index (χ0v) is 24.9. The summed E-state index contributed by atoms with van der Waals surface area (Å²) in [4.78, 5) is 51.5. The van der Waals surface area contributed by atoms with Crippen molar-refractivity contribution in [2.45, 2.75) is 115 Å². The average molecular weight is 548 g/mol. The van der Waals surface area contributed by atoms with Gasteiger partial charge in [0.25, 0.3) is 5.91 Å². The van der Waals surface area contributed by atoms with Crippen molar-refractivity contribution in [1.29, 1.82) is 0 Å². The first-order chi connectivity index (χ1) is 18.9. The van der Waals surface area contributed by atoms with Crippen molar-refractivity contribution in [3.05, 3.63) is 41.2 Å². The van der Waals surface area contributed by atoms with Crippen LogP contribution in [0.4, 0.5) is 5.69 Å². The van der Waals surface area contributed by atoms with E-state index in [-0.39, 0.29) is 48.2 Å². The summed E-state index contributed by atoms with van der Waals surface area (Å²) in [5, 5.41) is 2.97. The Morgan fingerprint density at radius 3 is 2.58 bits per heavy atom. The van der Waals surface area contributed by atoms with Crippen molar-refractivity contribution in [3.8, 4) is 0 Å². The van der Waals surface area contributed by atoms with Crippen molar-refractivity contribution < 1.29 is 14.4 Å². The molecule has 4 aliphatic rings. The van der Waals surface area contributed by atoms with Gasteiger partial charge in [-0.1, -0.05) is 51.8 Å². The normalized spacial score (nSPS) is 30.6. The second-order valence-electron chi connectivity index (χ2n) is 14.0. The Morgan fingerprint density at radius 1 is 1.20 bits per heavy atom. The molecule has 0 bridgehead atoms. The number of nitrogens with one attached hydrogen (secondary N) is 1. The van der Waals surface area contributed by atoms with Crippen LogP contribution in [-0.4, -0.2) is 76.3 Å². The molecule has 8 heteroatoms. The van der Waals surface area contributed by atoms with Crippen molar-refractivity contribution in [2.75, 3.05) is 18.9 Å². The van der Waals surface area contributed by atoms with E-state index in [1.165, 1.54) is 12.8 Å². The summed E-state index contributed by atoms with van der Waals surface area (Å²) < 4.78 is 0. The monoisotopic (exact) mass is 547 g/mol. The molecule has 1 spiro atoms. The van der Waals surface area contributed by atoms with Crippen LogP contribution in [0.2, 0.25) is 0 Å². The number of carbonyl (C=O) groups excluding carboxylic acids is 3. The molecule has 1 aromatic rings. The Bertz CT molecular complexity index is 1220. The Hall–Kier alpha value is -2.92. The van der Waals surface area contributed by atoms with Crippen molar-refractivity contribution in [1.82, 2.24) is 14.7 Å². The van der Waals surface area contributed by atoms with Crippen LogP contribution in [0.3, 0.4) is 0 Å². The lowest BCUT2D eigenvalue weighted by Crippen LogP contribution is -2.57. The molecule has 3 heterocycles. The van der Waals surface area contributed by atoms with Crippen LogP contribution in [0.1, 0.15) is 85.1 Å². The Morgan fingerprint density at radius 2 is 1.90 bits per heavy atom. The molecule has 3 fully saturated rings. The highest BCUT2D eigenvalue weighted by atomic mass is 16.2. The summed E-state index contributed by atoms with van der Waals surface area (Å²) in [6.45, 7) is 18.7. The molecule has 6 atom stereocenters. The fourth-order valence-corrected chi connectivity index (χ4v) is 7.97. The number of benzene rings is 1. The van der Waals surface area contributed by atoms with E-state index < -0.39 is 17.6 Å². The quantitative estimate of drug-likeness (QED) is 0.544. The van der Waals surface area contributed by atoms with Gasteiger partial charge in [0.05, 0.1) is 12.5 Å². The van der Waals surface area contributed by atoms with E-state index in [0.717, 1.165) is 30.5 Å². The van der Waals surface area contributed by atoms with Gasteiger partial charge in [0.2, 0.25) is 11.8 Å². The lowest BCUT2D eigenvalue weighted by molar-refractivity contribution is -0.149. The maximum Gasteiger partial charge on any atom is 0.302 e. The molecule has 0 unspecified atom stereocenters. The third-order valence-corrected chi connectivity index (χ3v) is 9.81. The molecular formula is C32H45N5O3. The second kappa shape index (κ2) is 10.5. The van der Waals surface area contributed by atoms with Crippen LogP contribution < -0.4 is 5.32 Å². The molecule has 40 heavy (non-hydrogen) atoms. The summed E-state index contributed by atoms with van der Waals surface area (Å²) in [7, 11) is 1.77. The first kappa shape index (κ1) is 28.6. The SMILES string of the molecule is [C-]#[N+][C@@H]1C[C@@]2(CN1C(=O)[C@H](CC(C)(C)C)N(C)C(=O)[C@@H]1C[C@@H]3CCCC[C@@H]3N1C(C)C)C(=O)Nc1ccccc12. The van der Waals surface area contributed by atoms with E-state index in [2.05, 4.69) is 49.7 Å². The first-order valence-corrected chi connectivity index (χ1v) is 15.0. The fourth-order valence-electron chi connectivity index (χ4n) is 7.97. The lowest BCUT2D eigenvalue weighted by atomic mass is 9.80. The van der Waals surface area contributed by atoms with Gasteiger partial charge in [-0.3, -0.25) is 29.0 Å². The molecular weight excluding hydrogens is 502 g/mol. The molecule has 1 aliphatic carbocycles. The number of fused-ring (bicyclic) bond motifs is 3. The highest BCUT2D eigenvalue weighted by Gasteiger charge is 2.59. The molecule has 216 valence electrons. The third-order valence-electron chi connectivity index (χ3n) is 9.81. The van der Waals surface area contributed by atoms with Crippen LogP contribution in [0.15, 0.2) is 24.3 Å². The molecule has 1 aromatic carbocycles. The minimum atomic E-state index is -0.939. The molecule has 1 saturated carbocycles. The molecule has 3 amide bonds. The Labute approximate surface area is 239 Å². The Kier molecular flexibility index (Phi) is 7.50. The topological polar surface area (TPSA) is 77.3 Å². The number of likely N-dealkylation sites (tertiary alicyclic amines) is 2. The number of hydrogen-bond acceptors (Lipinski definition) is 4. The van der Waals surface area contributed by atoms with Gasteiger partial charge in [-0.15, -0.1) is 0 Å². The lowest BCUT2D eigenvalue weighted by Gasteiger charge is -2.40. The van der Waals surface area contributed by atoms with E-state index in [9.17, 15) is 14.4 Å². The molecule has 0 radical (unpaired) electrons. The van der Waals surface area contributed by atoms with Gasteiger partial charge < -0.3 is 10.2 Å². The molecule has 0 aromatic heterocycles. The van der Waals surface area contributed by atoms with Crippen LogP contribution >= 0.6 is 0 Å². The van der Waals surface area contributed by atoms with Crippen molar-refractivity contribution in [2.24, 2.45) is 11.3 Å². The summed E-state index contributed by atoms with van der Waals surface area (Å²) >= 11 is 0. The van der Waals surface area contributed by atoms with Crippen molar-refractivity contribution >= 4 is 23.4 Å². The van der Waals surface area contributed by atoms with E-state index in [1.54, 1.807) is 16.8 Å². The predicted octanol–water partition coefficient (Wildman–Crippen LogP) is 4.66. The molecule has 3 aliphatic heterocycles. The van der Waals surface area contributed by atoms with Gasteiger partial charge in [-0.05, 0) is 62.5 Å². The largest absolute Gasteiger partial charge is 0.332 e. The number of likely N-dealkylation sites (N-methyl/N-ethyl adjacent to an activating group) is 1. The third kappa shape index (κ3) is 4.81. The van der Waals surface area contributed by atoms with E-state index in [4.69, 9.17) is 6.57 Å². The summed E-state index contributed by atoms with van der Waals surface area (Å²) in [6, 6.07) is 7.30. The smallest absolute Gasteiger partial charge is 0.302 e. The Balaban J connectivity index is 1.44. The fraction of sp³-hybridized carbons (Fsp3) is 0.688. The van der Waals surface area contributed by atoms with Crippen LogP contribution in [-0.2, 0) is 19.8 Å². The zero-order valence-electron chi connectivity index (χ0n) is 24.9. The zero-order chi connectivity index (χ0) is 29.0. The summed E-state index contributed by atoms with van der Waals surface area (Å²) in [5.74, 6) is 0.145.